The van der Waals surface area contributed by atoms with E-state index >= 15 is 0 Å². The van der Waals surface area contributed by atoms with E-state index in [1.54, 1.807) is 0 Å². The van der Waals surface area contributed by atoms with E-state index in [2.05, 4.69) is 10.3 Å². The van der Waals surface area contributed by atoms with E-state index in [1.165, 1.54) is 18.3 Å². The quantitative estimate of drug-likeness (QED) is 0.849. The summed E-state index contributed by atoms with van der Waals surface area (Å²) in [6.45, 7) is 0.951. The highest BCUT2D eigenvalue weighted by atomic mass is 16.5. The van der Waals surface area contributed by atoms with Gasteiger partial charge in [0.1, 0.15) is 0 Å². The predicted octanol–water partition coefficient (Wildman–Crippen LogP) is 1.36. The van der Waals surface area contributed by atoms with Crippen LogP contribution in [0.5, 0.6) is 0 Å². The lowest BCUT2D eigenvalue weighted by Gasteiger charge is -2.21. The van der Waals surface area contributed by atoms with E-state index in [-0.39, 0.29) is 24.1 Å². The number of carbonyl (C=O) groups is 2. The van der Waals surface area contributed by atoms with Gasteiger partial charge in [-0.3, -0.25) is 9.78 Å². The zero-order chi connectivity index (χ0) is 14.4. The Morgan fingerprint density at radius 2 is 2.30 bits per heavy atom. The highest BCUT2D eigenvalue weighted by Gasteiger charge is 2.17. The van der Waals surface area contributed by atoms with Gasteiger partial charge < -0.3 is 15.2 Å². The lowest BCUT2D eigenvalue weighted by molar-refractivity contribution is -0.125. The fourth-order valence-electron chi connectivity index (χ4n) is 2.14. The summed E-state index contributed by atoms with van der Waals surface area (Å²) >= 11 is 0. The Bertz CT molecular complexity index is 484. The van der Waals surface area contributed by atoms with Crippen molar-refractivity contribution in [2.75, 3.05) is 6.61 Å². The number of aromatic carboxylic acids is 1. The Labute approximate surface area is 117 Å². The zero-order valence-electron chi connectivity index (χ0n) is 11.2. The fraction of sp³-hybridized carbons (Fsp3) is 0.500. The van der Waals surface area contributed by atoms with Crippen molar-refractivity contribution in [3.63, 3.8) is 0 Å². The molecule has 0 spiro atoms. The molecule has 0 radical (unpaired) electrons. The Morgan fingerprint density at radius 3 is 3.00 bits per heavy atom. The Hall–Kier alpha value is -1.95. The first-order valence-electron chi connectivity index (χ1n) is 6.71. The molecule has 20 heavy (non-hydrogen) atoms. The molecule has 2 N–H and O–H groups in total. The summed E-state index contributed by atoms with van der Waals surface area (Å²) in [6, 6.07) is 2.88. The molecule has 108 valence electrons. The highest BCUT2D eigenvalue weighted by Crippen LogP contribution is 2.15. The first-order valence-corrected chi connectivity index (χ1v) is 6.71. The van der Waals surface area contributed by atoms with Gasteiger partial charge in [-0.05, 0) is 31.4 Å². The van der Waals surface area contributed by atoms with Crippen LogP contribution in [-0.2, 0) is 16.1 Å². The van der Waals surface area contributed by atoms with Crippen LogP contribution in [0.25, 0.3) is 0 Å². The van der Waals surface area contributed by atoms with Crippen LogP contribution >= 0.6 is 0 Å². The normalized spacial score (nSPS) is 18.5. The number of aromatic nitrogens is 1. The summed E-state index contributed by atoms with van der Waals surface area (Å²) in [5.41, 5.74) is 0.697. The third kappa shape index (κ3) is 4.31. The van der Waals surface area contributed by atoms with Crippen LogP contribution in [0.3, 0.4) is 0 Å². The molecule has 0 aromatic carbocycles. The summed E-state index contributed by atoms with van der Waals surface area (Å²) in [6.07, 6.45) is 4.85. The number of carbonyl (C=O) groups excluding carboxylic acids is 1. The first-order chi connectivity index (χ1) is 9.65. The van der Waals surface area contributed by atoms with Gasteiger partial charge in [-0.15, -0.1) is 0 Å². The topological polar surface area (TPSA) is 88.5 Å². The van der Waals surface area contributed by atoms with Crippen LogP contribution in [0.2, 0.25) is 0 Å². The van der Waals surface area contributed by atoms with Crippen molar-refractivity contribution in [3.8, 4) is 0 Å². The number of nitrogens with one attached hydrogen (secondary N) is 1. The number of rotatable bonds is 5. The van der Waals surface area contributed by atoms with E-state index in [0.29, 0.717) is 12.1 Å². The number of carboxylic acids is 1. The molecular formula is C14H18N2O4. The molecule has 0 saturated carbocycles. The second-order valence-electron chi connectivity index (χ2n) is 4.81. The summed E-state index contributed by atoms with van der Waals surface area (Å²) in [5, 5.41) is 11.6. The molecule has 1 aromatic heterocycles. The average molecular weight is 278 g/mol. The Morgan fingerprint density at radius 1 is 1.45 bits per heavy atom. The molecule has 1 aliphatic rings. The number of pyridine rings is 1. The van der Waals surface area contributed by atoms with Crippen molar-refractivity contribution >= 4 is 11.9 Å². The second kappa shape index (κ2) is 7.00. The molecule has 1 saturated heterocycles. The number of nitrogens with zero attached hydrogens (tertiary/aromatic N) is 1. The van der Waals surface area contributed by atoms with Gasteiger partial charge in [0.25, 0.3) is 0 Å². The molecular weight excluding hydrogens is 260 g/mol. The number of hydrogen-bond acceptors (Lipinski definition) is 4. The van der Waals surface area contributed by atoms with Gasteiger partial charge in [0.05, 0.1) is 30.3 Å². The lowest BCUT2D eigenvalue weighted by Crippen LogP contribution is -2.30. The first kappa shape index (κ1) is 14.5. The predicted molar refractivity (Wildman–Crippen MR) is 71.3 cm³/mol. The molecule has 1 unspecified atom stereocenters. The minimum atomic E-state index is -1.00. The minimum absolute atomic E-state index is 0.00191. The van der Waals surface area contributed by atoms with Crippen molar-refractivity contribution in [3.05, 3.63) is 29.6 Å². The summed E-state index contributed by atoms with van der Waals surface area (Å²) < 4.78 is 5.50. The van der Waals surface area contributed by atoms with E-state index < -0.39 is 5.97 Å². The Kier molecular flexibility index (Phi) is 5.06. The molecule has 2 rings (SSSR count). The number of hydrogen-bond donors (Lipinski definition) is 2. The third-order valence-corrected chi connectivity index (χ3v) is 3.22. The molecule has 1 aliphatic heterocycles. The summed E-state index contributed by atoms with van der Waals surface area (Å²) in [5.74, 6) is -1.10. The fourth-order valence-corrected chi connectivity index (χ4v) is 2.14. The van der Waals surface area contributed by atoms with Crippen molar-refractivity contribution < 1.29 is 19.4 Å². The molecule has 0 aliphatic carbocycles. The van der Waals surface area contributed by atoms with Gasteiger partial charge in [-0.2, -0.15) is 0 Å². The average Bonchev–Trinajstić information content (AvgIpc) is 2.46. The monoisotopic (exact) mass is 278 g/mol. The van der Waals surface area contributed by atoms with Gasteiger partial charge in [-0.25, -0.2) is 4.79 Å². The molecule has 1 fully saturated rings. The molecule has 6 heteroatoms. The Balaban J connectivity index is 1.80. The molecule has 6 nitrogen and oxygen atoms in total. The molecule has 2 heterocycles. The standard InChI is InChI=1S/C14H18N2O4/c17-13(8-12-3-1-2-6-20-12)16-9-11-7-10(14(18)19)4-5-15-11/h4-5,7,12H,1-3,6,8-9H2,(H,16,17)(H,18,19). The van der Waals surface area contributed by atoms with Crippen molar-refractivity contribution in [1.82, 2.24) is 10.3 Å². The van der Waals surface area contributed by atoms with Gasteiger partial charge in [0.2, 0.25) is 5.91 Å². The lowest BCUT2D eigenvalue weighted by atomic mass is 10.1. The van der Waals surface area contributed by atoms with Crippen molar-refractivity contribution in [2.24, 2.45) is 0 Å². The zero-order valence-corrected chi connectivity index (χ0v) is 11.2. The molecule has 0 bridgehead atoms. The number of carboxylic acid groups (broad SMARTS) is 1. The smallest absolute Gasteiger partial charge is 0.335 e. The third-order valence-electron chi connectivity index (χ3n) is 3.22. The van der Waals surface area contributed by atoms with E-state index in [4.69, 9.17) is 9.84 Å². The van der Waals surface area contributed by atoms with Gasteiger partial charge in [-0.1, -0.05) is 0 Å². The van der Waals surface area contributed by atoms with Crippen LogP contribution in [0.1, 0.15) is 41.7 Å². The van der Waals surface area contributed by atoms with Crippen molar-refractivity contribution in [1.29, 1.82) is 0 Å². The molecule has 1 aromatic rings. The van der Waals surface area contributed by atoms with E-state index in [1.807, 2.05) is 0 Å². The van der Waals surface area contributed by atoms with Crippen LogP contribution in [0.4, 0.5) is 0 Å². The van der Waals surface area contributed by atoms with E-state index in [9.17, 15) is 9.59 Å². The van der Waals surface area contributed by atoms with Crippen LogP contribution < -0.4 is 5.32 Å². The van der Waals surface area contributed by atoms with Crippen molar-refractivity contribution in [2.45, 2.75) is 38.3 Å². The molecule has 1 atom stereocenters. The number of amides is 1. The maximum Gasteiger partial charge on any atom is 0.335 e. The van der Waals surface area contributed by atoms with Gasteiger partial charge in [0.15, 0.2) is 0 Å². The summed E-state index contributed by atoms with van der Waals surface area (Å²) in [7, 11) is 0. The second-order valence-corrected chi connectivity index (χ2v) is 4.81. The maximum absolute atomic E-state index is 11.8. The number of ether oxygens (including phenoxy) is 1. The highest BCUT2D eigenvalue weighted by molar-refractivity contribution is 5.87. The van der Waals surface area contributed by atoms with Gasteiger partial charge >= 0.3 is 5.97 Å². The largest absolute Gasteiger partial charge is 0.478 e. The van der Waals surface area contributed by atoms with E-state index in [0.717, 1.165) is 25.9 Å². The maximum atomic E-state index is 11.8. The van der Waals surface area contributed by atoms with Gasteiger partial charge in [0, 0.05) is 12.8 Å². The molecule has 1 amide bonds. The summed E-state index contributed by atoms with van der Waals surface area (Å²) in [4.78, 5) is 26.6. The van der Waals surface area contributed by atoms with Crippen LogP contribution in [-0.4, -0.2) is 34.7 Å². The SMILES string of the molecule is O=C(CC1CCCCO1)NCc1cc(C(=O)O)ccn1. The van der Waals surface area contributed by atoms with Crippen LogP contribution in [0.15, 0.2) is 18.3 Å². The minimum Gasteiger partial charge on any atom is -0.478 e. The van der Waals surface area contributed by atoms with Crippen LogP contribution in [0, 0.1) is 0 Å².